The van der Waals surface area contributed by atoms with E-state index >= 15 is 0 Å². The summed E-state index contributed by atoms with van der Waals surface area (Å²) in [5.74, 6) is 0.103. The lowest BCUT2D eigenvalue weighted by molar-refractivity contribution is -0.0549. The summed E-state index contributed by atoms with van der Waals surface area (Å²) < 4.78 is 71.2. The lowest BCUT2D eigenvalue weighted by Crippen LogP contribution is -2.46. The maximum absolute atomic E-state index is 13.1. The number of nitrogens with one attached hydrogen (secondary N) is 1. The van der Waals surface area contributed by atoms with Gasteiger partial charge in [-0.1, -0.05) is 0 Å². The summed E-state index contributed by atoms with van der Waals surface area (Å²) in [7, 11) is -9.65. The van der Waals surface area contributed by atoms with Gasteiger partial charge in [-0.2, -0.15) is 13.1 Å². The SMILES string of the molecule is Nc1ncnc2c1ncn2C1OC2CNS(=O)(=O)OC3C(COP(=O)(O)OC2C1O)OC(n1cnc2c(N)ncnc21)C3O. The second-order valence-corrected chi connectivity index (χ2v) is 12.8. The molecule has 7 heterocycles. The van der Waals surface area contributed by atoms with E-state index in [2.05, 4.69) is 34.6 Å². The number of anilines is 2. The predicted octanol–water partition coefficient (Wildman–Crippen LogP) is -2.92. The van der Waals surface area contributed by atoms with Gasteiger partial charge in [0.15, 0.2) is 35.4 Å². The van der Waals surface area contributed by atoms with Crippen LogP contribution in [0.1, 0.15) is 12.5 Å². The van der Waals surface area contributed by atoms with Gasteiger partial charge in [0.25, 0.3) is 0 Å². The molecule has 0 saturated carbocycles. The normalized spacial score (nSPS) is 36.1. The molecule has 4 aromatic heterocycles. The molecule has 3 aliphatic rings. The van der Waals surface area contributed by atoms with Crippen molar-refractivity contribution in [1.82, 2.24) is 43.8 Å². The first kappa shape index (κ1) is 29.2. The standard InChI is InChI=1S/C20H24N11O11PS/c21-15-9-17(25-3-23-15)30(5-27-9)19-11(32)13-7(39-19)1-29-44(36,37)42-14-8(2-38-43(34,35)41-13)40-20(12(14)33)31-6-28-10-16(22)24-4-26-18(10)31/h3-8,11-14,19-20,29,32-33H,1-2H2,(H,34,35)(H2,21,23,25)(H2,22,24,26). The number of nitrogen functional groups attached to an aromatic ring is 2. The van der Waals surface area contributed by atoms with Gasteiger partial charge in [-0.3, -0.25) is 18.2 Å². The molecule has 8 N–H and O–H groups in total. The predicted molar refractivity (Wildman–Crippen MR) is 142 cm³/mol. The minimum Gasteiger partial charge on any atom is -0.386 e. The average molecular weight is 658 g/mol. The molecule has 22 nitrogen and oxygen atoms in total. The number of rotatable bonds is 2. The summed E-state index contributed by atoms with van der Waals surface area (Å²) in [5, 5.41) is 22.2. The van der Waals surface area contributed by atoms with Gasteiger partial charge in [0, 0.05) is 6.54 Å². The van der Waals surface area contributed by atoms with Crippen LogP contribution in [0.2, 0.25) is 0 Å². The van der Waals surface area contributed by atoms with Crippen LogP contribution in [0.25, 0.3) is 22.3 Å². The number of phosphoric ester groups is 1. The van der Waals surface area contributed by atoms with Gasteiger partial charge < -0.3 is 36.0 Å². The smallest absolute Gasteiger partial charge is 0.386 e. The number of phosphoric acid groups is 1. The van der Waals surface area contributed by atoms with Gasteiger partial charge in [0.2, 0.25) is 0 Å². The summed E-state index contributed by atoms with van der Waals surface area (Å²) >= 11 is 0. The molecule has 7 rings (SSSR count). The molecule has 0 radical (unpaired) electrons. The monoisotopic (exact) mass is 657 g/mol. The molecule has 0 aliphatic carbocycles. The second-order valence-electron chi connectivity index (χ2n) is 9.98. The van der Waals surface area contributed by atoms with Gasteiger partial charge in [-0.25, -0.2) is 38.7 Å². The molecular formula is C20H24N11O11PS. The van der Waals surface area contributed by atoms with Crippen LogP contribution in [0.3, 0.4) is 0 Å². The Morgan fingerprint density at radius 2 is 1.41 bits per heavy atom. The molecule has 3 aliphatic heterocycles. The fraction of sp³-hybridized carbons (Fsp3) is 0.500. The number of ether oxygens (including phenoxy) is 2. The molecule has 9 atom stereocenters. The van der Waals surface area contributed by atoms with Crippen molar-refractivity contribution in [3.8, 4) is 0 Å². The third-order valence-corrected chi connectivity index (χ3v) is 9.28. The maximum Gasteiger partial charge on any atom is 0.472 e. The molecule has 44 heavy (non-hydrogen) atoms. The van der Waals surface area contributed by atoms with Crippen LogP contribution in [0.15, 0.2) is 25.3 Å². The van der Waals surface area contributed by atoms with Crippen molar-refractivity contribution in [1.29, 1.82) is 0 Å². The molecule has 0 amide bonds. The lowest BCUT2D eigenvalue weighted by Gasteiger charge is -2.26. The third kappa shape index (κ3) is 4.96. The molecule has 236 valence electrons. The van der Waals surface area contributed by atoms with Crippen LogP contribution >= 0.6 is 7.82 Å². The molecule has 3 saturated heterocycles. The number of hydrogen-bond acceptors (Lipinski definition) is 18. The quantitative estimate of drug-likeness (QED) is 0.118. The summed E-state index contributed by atoms with van der Waals surface area (Å²) in [4.78, 5) is 34.7. The van der Waals surface area contributed by atoms with Gasteiger partial charge in [0.1, 0.15) is 60.3 Å². The topological polar surface area (TPSA) is 309 Å². The van der Waals surface area contributed by atoms with Crippen molar-refractivity contribution in [2.75, 3.05) is 24.6 Å². The number of nitrogens with two attached hydrogens (primary N) is 2. The Kier molecular flexibility index (Phi) is 7.02. The zero-order valence-electron chi connectivity index (χ0n) is 22.0. The van der Waals surface area contributed by atoms with Crippen molar-refractivity contribution >= 4 is 52.1 Å². The minimum absolute atomic E-state index is 0.0493. The van der Waals surface area contributed by atoms with Crippen LogP contribution in [-0.4, -0.2) is 112 Å². The first-order valence-corrected chi connectivity index (χ1v) is 15.7. The van der Waals surface area contributed by atoms with Crippen LogP contribution in [-0.2, 0) is 37.6 Å². The van der Waals surface area contributed by atoms with Crippen molar-refractivity contribution in [3.05, 3.63) is 25.3 Å². The highest BCUT2D eigenvalue weighted by molar-refractivity contribution is 7.84. The van der Waals surface area contributed by atoms with Crippen LogP contribution < -0.4 is 16.2 Å². The number of aliphatic hydroxyl groups excluding tert-OH is 2. The summed E-state index contributed by atoms with van der Waals surface area (Å²) in [6, 6.07) is 0. The van der Waals surface area contributed by atoms with E-state index in [1.54, 1.807) is 0 Å². The Hall–Kier alpha value is -3.48. The fourth-order valence-corrected chi connectivity index (χ4v) is 7.21. The number of aliphatic hydroxyl groups is 2. The molecule has 4 aromatic rings. The van der Waals surface area contributed by atoms with E-state index in [9.17, 15) is 28.1 Å². The van der Waals surface area contributed by atoms with E-state index in [0.717, 1.165) is 12.7 Å². The van der Waals surface area contributed by atoms with E-state index in [1.807, 2.05) is 0 Å². The highest BCUT2D eigenvalue weighted by atomic mass is 32.2. The average Bonchev–Trinajstić information content (AvgIpc) is 3.73. The highest BCUT2D eigenvalue weighted by Gasteiger charge is 2.53. The molecule has 0 aromatic carbocycles. The van der Waals surface area contributed by atoms with Crippen LogP contribution in [0.4, 0.5) is 11.6 Å². The van der Waals surface area contributed by atoms with E-state index < -0.39 is 80.4 Å². The number of fused-ring (bicyclic) bond motifs is 4. The number of hydrogen-bond donors (Lipinski definition) is 6. The third-order valence-electron chi connectivity index (χ3n) is 7.30. The molecule has 24 heteroatoms. The summed E-state index contributed by atoms with van der Waals surface area (Å²) in [6.07, 6.45) is -7.20. The van der Waals surface area contributed by atoms with Crippen molar-refractivity contribution < 1.29 is 50.8 Å². The largest absolute Gasteiger partial charge is 0.472 e. The molecule has 3 fully saturated rings. The maximum atomic E-state index is 13.1. The zero-order chi connectivity index (χ0) is 31.0. The lowest BCUT2D eigenvalue weighted by atomic mass is 10.1. The van der Waals surface area contributed by atoms with Crippen molar-refractivity contribution in [2.45, 2.75) is 49.1 Å². The number of nitrogens with zero attached hydrogens (tertiary/aromatic N) is 8. The van der Waals surface area contributed by atoms with E-state index in [4.69, 9.17) is 34.2 Å². The number of imidazole rings is 2. The Labute approximate surface area is 245 Å². The Morgan fingerprint density at radius 1 is 0.864 bits per heavy atom. The first-order chi connectivity index (χ1) is 20.9. The molecule has 9 unspecified atom stereocenters. The van der Waals surface area contributed by atoms with Crippen LogP contribution in [0, 0.1) is 0 Å². The summed E-state index contributed by atoms with van der Waals surface area (Å²) in [6.45, 7) is -1.39. The Morgan fingerprint density at radius 3 is 2.00 bits per heavy atom. The van der Waals surface area contributed by atoms with Crippen LogP contribution in [0.5, 0.6) is 0 Å². The van der Waals surface area contributed by atoms with Gasteiger partial charge in [0.05, 0.1) is 19.3 Å². The first-order valence-electron chi connectivity index (χ1n) is 12.8. The molecular weight excluding hydrogens is 633 g/mol. The van der Waals surface area contributed by atoms with Gasteiger partial charge >= 0.3 is 18.1 Å². The minimum atomic E-state index is -4.99. The van der Waals surface area contributed by atoms with Crippen molar-refractivity contribution in [2.24, 2.45) is 0 Å². The van der Waals surface area contributed by atoms with E-state index in [-0.39, 0.29) is 34.0 Å². The van der Waals surface area contributed by atoms with Gasteiger partial charge in [-0.15, -0.1) is 0 Å². The van der Waals surface area contributed by atoms with Gasteiger partial charge in [-0.05, 0) is 0 Å². The van der Waals surface area contributed by atoms with E-state index in [0.29, 0.717) is 0 Å². The molecule has 0 spiro atoms. The van der Waals surface area contributed by atoms with E-state index in [1.165, 1.54) is 21.8 Å². The zero-order valence-corrected chi connectivity index (χ0v) is 23.7. The second kappa shape index (κ2) is 10.6. The number of aromatic nitrogens is 8. The molecule has 0 bridgehead atoms. The Bertz CT molecular complexity index is 1890. The fourth-order valence-electron chi connectivity index (χ4n) is 5.28. The summed E-state index contributed by atoms with van der Waals surface area (Å²) in [5.41, 5.74) is 12.4. The highest BCUT2D eigenvalue weighted by Crippen LogP contribution is 2.50. The van der Waals surface area contributed by atoms with Crippen molar-refractivity contribution in [3.63, 3.8) is 0 Å². The Balaban J connectivity index is 1.17.